The van der Waals surface area contributed by atoms with Crippen LogP contribution in [0.25, 0.3) is 17.1 Å². The molecule has 29 heavy (non-hydrogen) atoms. The Morgan fingerprint density at radius 3 is 2.52 bits per heavy atom. The maximum absolute atomic E-state index is 12.2. The van der Waals surface area contributed by atoms with Gasteiger partial charge in [0.2, 0.25) is 11.8 Å². The molecule has 4 rings (SSSR count). The third kappa shape index (κ3) is 4.33. The molecule has 0 unspecified atom stereocenters. The number of amides is 2. The second kappa shape index (κ2) is 8.13. The molecule has 2 aromatic carbocycles. The molecule has 0 radical (unpaired) electrons. The highest BCUT2D eigenvalue weighted by Gasteiger charge is 2.12. The summed E-state index contributed by atoms with van der Waals surface area (Å²) in [5, 5.41) is 10.9. The quantitative estimate of drug-likeness (QED) is 0.493. The zero-order valence-electron chi connectivity index (χ0n) is 15.0. The van der Waals surface area contributed by atoms with E-state index < -0.39 is 11.8 Å². The van der Waals surface area contributed by atoms with E-state index in [0.29, 0.717) is 22.8 Å². The van der Waals surface area contributed by atoms with E-state index in [9.17, 15) is 9.59 Å². The van der Waals surface area contributed by atoms with Gasteiger partial charge in [-0.05, 0) is 46.8 Å². The van der Waals surface area contributed by atoms with Crippen LogP contribution in [0.3, 0.4) is 0 Å². The summed E-state index contributed by atoms with van der Waals surface area (Å²) in [5.41, 5.74) is 7.08. The highest BCUT2D eigenvalue weighted by Crippen LogP contribution is 2.18. The van der Waals surface area contributed by atoms with Gasteiger partial charge >= 0.3 is 0 Å². The number of benzene rings is 2. The minimum absolute atomic E-state index is 0.0329. The van der Waals surface area contributed by atoms with Crippen molar-refractivity contribution in [3.8, 4) is 17.1 Å². The van der Waals surface area contributed by atoms with Crippen molar-refractivity contribution in [3.05, 3.63) is 78.4 Å². The number of tetrazole rings is 1. The summed E-state index contributed by atoms with van der Waals surface area (Å²) in [5.74, 6) is -0.441. The van der Waals surface area contributed by atoms with Gasteiger partial charge in [-0.2, -0.15) is 0 Å². The first-order valence-corrected chi connectivity index (χ1v) is 8.61. The topological polar surface area (TPSA) is 128 Å². The van der Waals surface area contributed by atoms with Crippen LogP contribution in [0.5, 0.6) is 0 Å². The van der Waals surface area contributed by atoms with Gasteiger partial charge < -0.3 is 4.42 Å². The summed E-state index contributed by atoms with van der Waals surface area (Å²) < 4.78 is 6.86. The summed E-state index contributed by atoms with van der Waals surface area (Å²) in [7, 11) is 0. The van der Waals surface area contributed by atoms with Gasteiger partial charge in [0, 0.05) is 11.1 Å². The smallest absolute Gasteiger partial charge is 0.269 e. The second-order valence-corrected chi connectivity index (χ2v) is 5.99. The molecule has 10 nitrogen and oxygen atoms in total. The first-order valence-electron chi connectivity index (χ1n) is 8.61. The Kier molecular flexibility index (Phi) is 5.06. The molecule has 0 fully saturated rings. The zero-order valence-corrected chi connectivity index (χ0v) is 15.0. The van der Waals surface area contributed by atoms with Crippen molar-refractivity contribution in [2.75, 3.05) is 0 Å². The molecular formula is C19H15N7O3. The van der Waals surface area contributed by atoms with Crippen LogP contribution in [0.15, 0.2) is 71.6 Å². The number of nitrogens with one attached hydrogen (secondary N) is 2. The number of rotatable bonds is 5. The Labute approximate surface area is 164 Å². The van der Waals surface area contributed by atoms with Crippen molar-refractivity contribution < 1.29 is 14.0 Å². The molecule has 0 aliphatic rings. The normalized spacial score (nSPS) is 10.5. The Bertz CT molecular complexity index is 1110. The number of hydrogen-bond acceptors (Lipinski definition) is 7. The van der Waals surface area contributed by atoms with E-state index in [1.54, 1.807) is 24.3 Å². The van der Waals surface area contributed by atoms with Crippen LogP contribution < -0.4 is 10.9 Å². The average Bonchev–Trinajstić information content (AvgIpc) is 3.45. The Morgan fingerprint density at radius 2 is 1.79 bits per heavy atom. The molecule has 4 aromatic rings. The Balaban J connectivity index is 1.30. The van der Waals surface area contributed by atoms with Gasteiger partial charge in [-0.25, -0.2) is 9.67 Å². The monoisotopic (exact) mass is 389 g/mol. The van der Waals surface area contributed by atoms with Crippen molar-refractivity contribution in [1.82, 2.24) is 36.0 Å². The van der Waals surface area contributed by atoms with Gasteiger partial charge in [-0.1, -0.05) is 18.2 Å². The number of oxazole rings is 1. The van der Waals surface area contributed by atoms with E-state index in [-0.39, 0.29) is 6.42 Å². The number of hydrazine groups is 1. The van der Waals surface area contributed by atoms with Crippen LogP contribution in [0.4, 0.5) is 0 Å². The number of hydrogen-bond donors (Lipinski definition) is 2. The Morgan fingerprint density at radius 1 is 1.00 bits per heavy atom. The fourth-order valence-electron chi connectivity index (χ4n) is 2.55. The lowest BCUT2D eigenvalue weighted by molar-refractivity contribution is -0.121. The summed E-state index contributed by atoms with van der Waals surface area (Å²) in [6, 6.07) is 15.9. The van der Waals surface area contributed by atoms with Crippen LogP contribution in [-0.2, 0) is 11.2 Å². The van der Waals surface area contributed by atoms with Crippen molar-refractivity contribution in [2.24, 2.45) is 0 Å². The van der Waals surface area contributed by atoms with Crippen molar-refractivity contribution in [1.29, 1.82) is 0 Å². The maximum atomic E-state index is 12.2. The van der Waals surface area contributed by atoms with Gasteiger partial charge in [-0.15, -0.1) is 5.10 Å². The molecule has 0 saturated heterocycles. The van der Waals surface area contributed by atoms with Gasteiger partial charge in [0.1, 0.15) is 12.6 Å². The van der Waals surface area contributed by atoms with Crippen molar-refractivity contribution >= 4 is 11.8 Å². The number of aromatic nitrogens is 5. The molecule has 2 amide bonds. The van der Waals surface area contributed by atoms with E-state index in [4.69, 9.17) is 4.42 Å². The van der Waals surface area contributed by atoms with Gasteiger partial charge in [0.15, 0.2) is 0 Å². The molecule has 144 valence electrons. The largest absolute Gasteiger partial charge is 0.444 e. The van der Waals surface area contributed by atoms with Crippen LogP contribution >= 0.6 is 0 Å². The molecule has 0 bridgehead atoms. The lowest BCUT2D eigenvalue weighted by Gasteiger charge is -2.07. The number of carbonyl (C=O) groups excluding carboxylic acids is 2. The SMILES string of the molecule is O=C(Cc1coc(-c2ccccc2)n1)NNC(=O)c1ccc(-n2cnnn2)cc1. The van der Waals surface area contributed by atoms with E-state index in [1.807, 2.05) is 30.3 Å². The zero-order chi connectivity index (χ0) is 20.1. The second-order valence-electron chi connectivity index (χ2n) is 5.99. The third-order valence-corrected chi connectivity index (χ3v) is 3.97. The minimum Gasteiger partial charge on any atom is -0.444 e. The summed E-state index contributed by atoms with van der Waals surface area (Å²) in [6.07, 6.45) is 2.83. The van der Waals surface area contributed by atoms with Crippen LogP contribution in [0, 0.1) is 0 Å². The first kappa shape index (κ1) is 18.0. The van der Waals surface area contributed by atoms with E-state index in [2.05, 4.69) is 31.4 Å². The maximum Gasteiger partial charge on any atom is 0.269 e. The molecule has 2 N–H and O–H groups in total. The molecule has 2 aromatic heterocycles. The number of carbonyl (C=O) groups is 2. The van der Waals surface area contributed by atoms with Crippen molar-refractivity contribution in [3.63, 3.8) is 0 Å². The van der Waals surface area contributed by atoms with Crippen molar-refractivity contribution in [2.45, 2.75) is 6.42 Å². The predicted molar refractivity (Wildman–Crippen MR) is 100 cm³/mol. The highest BCUT2D eigenvalue weighted by atomic mass is 16.3. The van der Waals surface area contributed by atoms with Gasteiger partial charge in [0.25, 0.3) is 5.91 Å². The highest BCUT2D eigenvalue weighted by molar-refractivity contribution is 5.95. The molecule has 2 heterocycles. The fraction of sp³-hybridized carbons (Fsp3) is 0.0526. The molecule has 0 atom stereocenters. The molecule has 0 aliphatic heterocycles. The molecule has 0 spiro atoms. The average molecular weight is 389 g/mol. The minimum atomic E-state index is -0.452. The summed E-state index contributed by atoms with van der Waals surface area (Å²) in [4.78, 5) is 28.5. The third-order valence-electron chi connectivity index (χ3n) is 3.97. The Hall–Kier alpha value is -4.34. The first-order chi connectivity index (χ1) is 14.2. The van der Waals surface area contributed by atoms with E-state index >= 15 is 0 Å². The lowest BCUT2D eigenvalue weighted by atomic mass is 10.2. The predicted octanol–water partition coefficient (Wildman–Crippen LogP) is 1.32. The number of nitrogens with zero attached hydrogens (tertiary/aromatic N) is 5. The van der Waals surface area contributed by atoms with E-state index in [1.165, 1.54) is 17.3 Å². The molecule has 0 aliphatic carbocycles. The van der Waals surface area contributed by atoms with Gasteiger partial charge in [-0.3, -0.25) is 20.4 Å². The van der Waals surface area contributed by atoms with Crippen LogP contribution in [0.1, 0.15) is 16.1 Å². The summed E-state index contributed by atoms with van der Waals surface area (Å²) >= 11 is 0. The lowest BCUT2D eigenvalue weighted by Crippen LogP contribution is -2.42. The van der Waals surface area contributed by atoms with Gasteiger partial charge in [0.05, 0.1) is 17.8 Å². The molecular weight excluding hydrogens is 374 g/mol. The fourth-order valence-corrected chi connectivity index (χ4v) is 2.55. The molecule has 10 heteroatoms. The van der Waals surface area contributed by atoms with Crippen LogP contribution in [0.2, 0.25) is 0 Å². The summed E-state index contributed by atoms with van der Waals surface area (Å²) in [6.45, 7) is 0. The van der Waals surface area contributed by atoms with Crippen LogP contribution in [-0.4, -0.2) is 37.0 Å². The molecule has 0 saturated carbocycles. The van der Waals surface area contributed by atoms with E-state index in [0.717, 1.165) is 5.56 Å². The standard InChI is InChI=1S/C19H15N7O3/c27-17(10-15-11-29-19(21-15)14-4-2-1-3-5-14)22-23-18(28)13-6-8-16(9-7-13)26-12-20-24-25-26/h1-9,11-12H,10H2,(H,22,27)(H,23,28).